The topological polar surface area (TPSA) is 25.8 Å². The number of pyridine rings is 1. The average molecular weight is 204 g/mol. The largest absolute Gasteiger partial charge is 0.261 e. The van der Waals surface area contributed by atoms with Crippen LogP contribution < -0.4 is 0 Å². The van der Waals surface area contributed by atoms with Crippen LogP contribution in [0.3, 0.4) is 0 Å². The van der Waals surface area contributed by atoms with Gasteiger partial charge in [0.2, 0.25) is 0 Å². The van der Waals surface area contributed by atoms with Gasteiger partial charge in [-0.3, -0.25) is 4.98 Å². The van der Waals surface area contributed by atoms with Gasteiger partial charge in [-0.2, -0.15) is 0 Å². The van der Waals surface area contributed by atoms with E-state index in [1.54, 1.807) is 11.3 Å². The first-order valence-corrected chi connectivity index (χ1v) is 5.49. The van der Waals surface area contributed by atoms with E-state index in [-0.39, 0.29) is 0 Å². The van der Waals surface area contributed by atoms with E-state index in [1.807, 2.05) is 18.5 Å². The van der Waals surface area contributed by atoms with Gasteiger partial charge in [-0.1, -0.05) is 6.92 Å². The fraction of sp³-hybridized carbons (Fsp3) is 0.273. The summed E-state index contributed by atoms with van der Waals surface area (Å²) in [6.45, 7) is 4.18. The molecule has 0 saturated carbocycles. The third kappa shape index (κ3) is 1.82. The molecule has 0 aromatic carbocycles. The van der Waals surface area contributed by atoms with E-state index in [0.29, 0.717) is 0 Å². The van der Waals surface area contributed by atoms with Gasteiger partial charge in [-0.05, 0) is 25.5 Å². The van der Waals surface area contributed by atoms with Crippen LogP contribution in [0, 0.1) is 6.92 Å². The molecule has 2 heterocycles. The second-order valence-electron chi connectivity index (χ2n) is 3.17. The first kappa shape index (κ1) is 9.34. The lowest BCUT2D eigenvalue weighted by atomic mass is 10.2. The Balaban J connectivity index is 2.41. The summed E-state index contributed by atoms with van der Waals surface area (Å²) < 4.78 is 0. The smallest absolute Gasteiger partial charge is 0.123 e. The molecule has 0 aliphatic carbocycles. The van der Waals surface area contributed by atoms with Crippen LogP contribution in [0.5, 0.6) is 0 Å². The molecule has 0 amide bonds. The second-order valence-corrected chi connectivity index (χ2v) is 4.40. The number of rotatable bonds is 2. The van der Waals surface area contributed by atoms with Gasteiger partial charge in [0.15, 0.2) is 0 Å². The van der Waals surface area contributed by atoms with Gasteiger partial charge in [0.1, 0.15) is 5.01 Å². The highest BCUT2D eigenvalue weighted by Crippen LogP contribution is 2.24. The highest BCUT2D eigenvalue weighted by atomic mass is 32.1. The van der Waals surface area contributed by atoms with Crippen molar-refractivity contribution in [3.8, 4) is 10.6 Å². The Hall–Kier alpha value is -1.22. The summed E-state index contributed by atoms with van der Waals surface area (Å²) >= 11 is 1.72. The first-order chi connectivity index (χ1) is 6.79. The Morgan fingerprint density at radius 3 is 2.86 bits per heavy atom. The van der Waals surface area contributed by atoms with Crippen LogP contribution in [0.4, 0.5) is 0 Å². The number of hydrogen-bond acceptors (Lipinski definition) is 3. The van der Waals surface area contributed by atoms with Crippen LogP contribution in [0.2, 0.25) is 0 Å². The van der Waals surface area contributed by atoms with Crippen molar-refractivity contribution in [2.45, 2.75) is 20.3 Å². The molecule has 2 nitrogen and oxygen atoms in total. The molecule has 0 saturated heterocycles. The summed E-state index contributed by atoms with van der Waals surface area (Å²) in [5, 5.41) is 1.08. The van der Waals surface area contributed by atoms with Gasteiger partial charge in [0.05, 0.1) is 0 Å². The highest BCUT2D eigenvalue weighted by molar-refractivity contribution is 7.14. The van der Waals surface area contributed by atoms with Crippen molar-refractivity contribution in [2.24, 2.45) is 0 Å². The van der Waals surface area contributed by atoms with E-state index < -0.39 is 0 Å². The van der Waals surface area contributed by atoms with Crippen molar-refractivity contribution in [3.05, 3.63) is 35.1 Å². The minimum atomic E-state index is 0.970. The predicted molar refractivity (Wildman–Crippen MR) is 59.5 cm³/mol. The molecular formula is C11H12N2S. The van der Waals surface area contributed by atoms with Gasteiger partial charge < -0.3 is 0 Å². The highest BCUT2D eigenvalue weighted by Gasteiger charge is 2.02. The molecule has 2 aromatic heterocycles. The monoisotopic (exact) mass is 204 g/mol. The molecule has 0 bridgehead atoms. The van der Waals surface area contributed by atoms with Crippen molar-refractivity contribution < 1.29 is 0 Å². The van der Waals surface area contributed by atoms with Gasteiger partial charge >= 0.3 is 0 Å². The maximum atomic E-state index is 4.35. The van der Waals surface area contributed by atoms with Crippen molar-refractivity contribution in [3.63, 3.8) is 0 Å². The molecule has 0 unspecified atom stereocenters. The lowest BCUT2D eigenvalue weighted by Crippen LogP contribution is -1.86. The second kappa shape index (κ2) is 3.88. The van der Waals surface area contributed by atoms with Crippen LogP contribution >= 0.6 is 11.3 Å². The third-order valence-electron chi connectivity index (χ3n) is 2.05. The Labute approximate surface area is 87.7 Å². The Morgan fingerprint density at radius 1 is 1.36 bits per heavy atom. The van der Waals surface area contributed by atoms with E-state index in [0.717, 1.165) is 17.1 Å². The lowest BCUT2D eigenvalue weighted by molar-refractivity contribution is 1.04. The van der Waals surface area contributed by atoms with Crippen molar-refractivity contribution in [1.29, 1.82) is 0 Å². The maximum absolute atomic E-state index is 4.35. The van der Waals surface area contributed by atoms with Crippen molar-refractivity contribution in [2.75, 3.05) is 0 Å². The molecule has 0 radical (unpaired) electrons. The lowest BCUT2D eigenvalue weighted by Gasteiger charge is -1.98. The Morgan fingerprint density at radius 2 is 2.21 bits per heavy atom. The summed E-state index contributed by atoms with van der Waals surface area (Å²) in [6.07, 6.45) is 4.73. The zero-order valence-corrected chi connectivity index (χ0v) is 9.14. The Bertz CT molecular complexity index is 434. The number of aryl methyl sites for hydroxylation is 2. The molecule has 0 aliphatic rings. The molecule has 2 aromatic rings. The van der Waals surface area contributed by atoms with Crippen molar-refractivity contribution in [1.82, 2.24) is 9.97 Å². The molecule has 0 aliphatic heterocycles. The van der Waals surface area contributed by atoms with Crippen LogP contribution in [0.15, 0.2) is 24.5 Å². The van der Waals surface area contributed by atoms with E-state index >= 15 is 0 Å². The summed E-state index contributed by atoms with van der Waals surface area (Å²) in [5.41, 5.74) is 2.30. The summed E-state index contributed by atoms with van der Waals surface area (Å²) in [7, 11) is 0. The standard InChI is InChI=1S/C11H12N2S/c1-3-10-6-9(4-5-12-10)11-13-7-8(2)14-11/h4-7H,3H2,1-2H3. The predicted octanol–water partition coefficient (Wildman–Crippen LogP) is 3.08. The molecule has 72 valence electrons. The molecule has 0 spiro atoms. The molecule has 3 heteroatoms. The maximum Gasteiger partial charge on any atom is 0.123 e. The van der Waals surface area contributed by atoms with Crippen molar-refractivity contribution >= 4 is 11.3 Å². The fourth-order valence-corrected chi connectivity index (χ4v) is 2.05. The van der Waals surface area contributed by atoms with E-state index in [9.17, 15) is 0 Å². The van der Waals surface area contributed by atoms with Crippen LogP contribution in [-0.4, -0.2) is 9.97 Å². The van der Waals surface area contributed by atoms with E-state index in [2.05, 4.69) is 29.9 Å². The number of hydrogen-bond donors (Lipinski definition) is 0. The number of nitrogens with zero attached hydrogens (tertiary/aromatic N) is 2. The normalized spacial score (nSPS) is 10.4. The molecule has 14 heavy (non-hydrogen) atoms. The van der Waals surface area contributed by atoms with Gasteiger partial charge in [-0.15, -0.1) is 11.3 Å². The minimum absolute atomic E-state index is 0.970. The summed E-state index contributed by atoms with van der Waals surface area (Å²) in [5.74, 6) is 0. The van der Waals surface area contributed by atoms with Gasteiger partial charge in [0, 0.05) is 28.5 Å². The minimum Gasteiger partial charge on any atom is -0.261 e. The quantitative estimate of drug-likeness (QED) is 0.751. The van der Waals surface area contributed by atoms with Crippen LogP contribution in [-0.2, 0) is 6.42 Å². The molecule has 2 rings (SSSR count). The van der Waals surface area contributed by atoms with E-state index in [1.165, 1.54) is 10.4 Å². The number of thiazole rings is 1. The van der Waals surface area contributed by atoms with Gasteiger partial charge in [0.25, 0.3) is 0 Å². The average Bonchev–Trinajstić information content (AvgIpc) is 2.65. The Kier molecular flexibility index (Phi) is 2.59. The molecular weight excluding hydrogens is 192 g/mol. The summed E-state index contributed by atoms with van der Waals surface area (Å²) in [4.78, 5) is 9.86. The zero-order valence-electron chi connectivity index (χ0n) is 8.32. The first-order valence-electron chi connectivity index (χ1n) is 4.67. The molecule has 0 atom stereocenters. The fourth-order valence-electron chi connectivity index (χ4n) is 1.29. The van der Waals surface area contributed by atoms with E-state index in [4.69, 9.17) is 0 Å². The summed E-state index contributed by atoms with van der Waals surface area (Å²) in [6, 6.07) is 4.12. The molecule has 0 N–H and O–H groups in total. The van der Waals surface area contributed by atoms with Gasteiger partial charge in [-0.25, -0.2) is 4.98 Å². The zero-order chi connectivity index (χ0) is 9.97. The van der Waals surface area contributed by atoms with Crippen LogP contribution in [0.1, 0.15) is 17.5 Å². The van der Waals surface area contributed by atoms with Crippen LogP contribution in [0.25, 0.3) is 10.6 Å². The SMILES string of the molecule is CCc1cc(-c2ncc(C)s2)ccn1. The third-order valence-corrected chi connectivity index (χ3v) is 3.01. The number of aromatic nitrogens is 2. The molecule has 0 fully saturated rings.